The number of ether oxygens (including phenoxy) is 5. The highest BCUT2D eigenvalue weighted by molar-refractivity contribution is 6.31. The van der Waals surface area contributed by atoms with Crippen LogP contribution in [0.15, 0.2) is 158 Å². The molecule has 7 rings (SSSR count). The molecule has 6 aromatic rings. The smallest absolute Gasteiger partial charge is 0.117 e. The van der Waals surface area contributed by atoms with Crippen LogP contribution in [-0.2, 0) is 69.6 Å². The molecule has 57 heavy (non-hydrogen) atoms. The van der Waals surface area contributed by atoms with Crippen molar-refractivity contribution in [1.82, 2.24) is 0 Å². The van der Waals surface area contributed by atoms with Gasteiger partial charge in [-0.1, -0.05) is 170 Å². The van der Waals surface area contributed by atoms with Gasteiger partial charge in [-0.05, 0) is 69.0 Å². The van der Waals surface area contributed by atoms with Crippen LogP contribution >= 0.6 is 11.6 Å². The summed E-state index contributed by atoms with van der Waals surface area (Å²) in [6.07, 6.45) is -1.48. The molecule has 1 saturated heterocycles. The summed E-state index contributed by atoms with van der Waals surface area (Å²) in [5, 5.41) is 11.5. The quantitative estimate of drug-likeness (QED) is 0.0937. The largest absolute Gasteiger partial charge is 0.392 e. The van der Waals surface area contributed by atoms with Crippen LogP contribution in [0.1, 0.15) is 63.1 Å². The molecule has 1 fully saturated rings. The summed E-state index contributed by atoms with van der Waals surface area (Å²) in [4.78, 5) is 0. The molecule has 0 saturated carbocycles. The lowest BCUT2D eigenvalue weighted by Crippen LogP contribution is -2.58. The Hall–Kier alpha value is -4.63. The summed E-state index contributed by atoms with van der Waals surface area (Å²) in [6.45, 7) is 3.55. The van der Waals surface area contributed by atoms with E-state index in [4.69, 9.17) is 35.3 Å². The minimum atomic E-state index is -0.669. The minimum absolute atomic E-state index is 0.232. The molecule has 0 radical (unpaired) electrons. The molecule has 6 nitrogen and oxygen atoms in total. The van der Waals surface area contributed by atoms with Crippen LogP contribution in [0.3, 0.4) is 0 Å². The monoisotopic (exact) mass is 782 g/mol. The van der Waals surface area contributed by atoms with E-state index < -0.39 is 30.5 Å². The molecular formula is C50H51ClO6. The van der Waals surface area contributed by atoms with Crippen LogP contribution in [0, 0.1) is 0 Å². The molecule has 1 aliphatic heterocycles. The van der Waals surface area contributed by atoms with E-state index in [1.165, 1.54) is 5.56 Å². The second kappa shape index (κ2) is 20.7. The van der Waals surface area contributed by atoms with Gasteiger partial charge in [0.2, 0.25) is 0 Å². The Labute approximate surface area is 341 Å². The van der Waals surface area contributed by atoms with Crippen molar-refractivity contribution >= 4 is 11.6 Å². The zero-order valence-electron chi connectivity index (χ0n) is 32.4. The van der Waals surface area contributed by atoms with Gasteiger partial charge in [-0.15, -0.1) is 0 Å². The van der Waals surface area contributed by atoms with Gasteiger partial charge in [-0.3, -0.25) is 0 Å². The molecule has 0 aromatic heterocycles. The van der Waals surface area contributed by atoms with Gasteiger partial charge in [-0.25, -0.2) is 0 Å². The maximum Gasteiger partial charge on any atom is 0.117 e. The van der Waals surface area contributed by atoms with Crippen LogP contribution in [-0.4, -0.2) is 36.1 Å². The van der Waals surface area contributed by atoms with Crippen molar-refractivity contribution in [2.24, 2.45) is 0 Å². The van der Waals surface area contributed by atoms with Crippen molar-refractivity contribution < 1.29 is 28.8 Å². The Bertz CT molecular complexity index is 2080. The first-order valence-corrected chi connectivity index (χ1v) is 20.2. The zero-order chi connectivity index (χ0) is 39.2. The maximum atomic E-state index is 10.9. The average molecular weight is 783 g/mol. The first kappa shape index (κ1) is 40.6. The molecule has 5 atom stereocenters. The molecule has 6 aromatic carbocycles. The van der Waals surface area contributed by atoms with Gasteiger partial charge in [0.25, 0.3) is 0 Å². The van der Waals surface area contributed by atoms with Gasteiger partial charge in [0.15, 0.2) is 0 Å². The van der Waals surface area contributed by atoms with Crippen LogP contribution in [0.5, 0.6) is 0 Å². The van der Waals surface area contributed by atoms with Gasteiger partial charge in [0.05, 0.1) is 39.6 Å². The van der Waals surface area contributed by atoms with E-state index in [0.29, 0.717) is 43.4 Å². The molecule has 1 aliphatic rings. The van der Waals surface area contributed by atoms with E-state index in [9.17, 15) is 5.11 Å². The van der Waals surface area contributed by atoms with E-state index in [0.717, 1.165) is 45.4 Å². The van der Waals surface area contributed by atoms with Gasteiger partial charge < -0.3 is 28.8 Å². The van der Waals surface area contributed by atoms with Gasteiger partial charge in [-0.2, -0.15) is 0 Å². The molecule has 294 valence electrons. The van der Waals surface area contributed by atoms with Crippen molar-refractivity contribution in [3.63, 3.8) is 0 Å². The number of halogens is 1. The van der Waals surface area contributed by atoms with Crippen LogP contribution in [0.4, 0.5) is 0 Å². The number of aliphatic hydroxyl groups is 1. The number of aliphatic hydroxyl groups excluding tert-OH is 1. The molecule has 0 spiro atoms. The molecule has 7 heteroatoms. The highest BCUT2D eigenvalue weighted by Gasteiger charge is 2.49. The Morgan fingerprint density at radius 1 is 0.526 bits per heavy atom. The highest BCUT2D eigenvalue weighted by Crippen LogP contribution is 2.41. The van der Waals surface area contributed by atoms with E-state index in [2.05, 4.69) is 61.5 Å². The van der Waals surface area contributed by atoms with Crippen LogP contribution in [0.2, 0.25) is 5.02 Å². The average Bonchev–Trinajstić information content (AvgIpc) is 3.26. The van der Waals surface area contributed by atoms with E-state index >= 15 is 0 Å². The van der Waals surface area contributed by atoms with E-state index in [1.54, 1.807) is 0 Å². The van der Waals surface area contributed by atoms with Gasteiger partial charge >= 0.3 is 0 Å². The van der Waals surface area contributed by atoms with Crippen LogP contribution in [0.25, 0.3) is 0 Å². The van der Waals surface area contributed by atoms with Crippen molar-refractivity contribution in [3.05, 3.63) is 213 Å². The second-order valence-corrected chi connectivity index (χ2v) is 14.9. The molecular weight excluding hydrogens is 732 g/mol. The third-order valence-corrected chi connectivity index (χ3v) is 10.8. The lowest BCUT2D eigenvalue weighted by Gasteiger charge is -2.47. The second-order valence-electron chi connectivity index (χ2n) is 14.5. The topological polar surface area (TPSA) is 66.4 Å². The predicted molar refractivity (Wildman–Crippen MR) is 225 cm³/mol. The van der Waals surface area contributed by atoms with Crippen LogP contribution < -0.4 is 0 Å². The van der Waals surface area contributed by atoms with Crippen molar-refractivity contribution in [2.75, 3.05) is 6.61 Å². The Morgan fingerprint density at radius 2 is 1.00 bits per heavy atom. The number of hydrogen-bond donors (Lipinski definition) is 1. The van der Waals surface area contributed by atoms with Gasteiger partial charge in [0.1, 0.15) is 30.5 Å². The lowest BCUT2D eigenvalue weighted by atomic mass is 9.87. The number of benzene rings is 6. The van der Waals surface area contributed by atoms with Crippen molar-refractivity contribution in [3.8, 4) is 0 Å². The molecule has 5 unspecified atom stereocenters. The Kier molecular flexibility index (Phi) is 14.7. The fourth-order valence-electron chi connectivity index (χ4n) is 7.37. The number of rotatable bonds is 18. The number of aryl methyl sites for hydroxylation is 1. The summed E-state index contributed by atoms with van der Waals surface area (Å²) >= 11 is 6.98. The van der Waals surface area contributed by atoms with E-state index in [1.807, 2.05) is 103 Å². The molecule has 0 bridgehead atoms. The third-order valence-electron chi connectivity index (χ3n) is 10.5. The third kappa shape index (κ3) is 11.1. The summed E-state index contributed by atoms with van der Waals surface area (Å²) in [6, 6.07) is 53.0. The Balaban J connectivity index is 1.29. The maximum absolute atomic E-state index is 10.9. The minimum Gasteiger partial charge on any atom is -0.392 e. The molecule has 1 heterocycles. The Morgan fingerprint density at radius 3 is 1.51 bits per heavy atom. The SMILES string of the molecule is CCc1ccc(Cc2cc(C3OC(COCc4ccccc4)C(OCc4ccccc4)C(OCc4ccccc4)C3OCc3ccccc3)c(CO)cc2Cl)cc1. The van der Waals surface area contributed by atoms with Crippen molar-refractivity contribution in [1.29, 1.82) is 0 Å². The summed E-state index contributed by atoms with van der Waals surface area (Å²) in [5.41, 5.74) is 8.95. The summed E-state index contributed by atoms with van der Waals surface area (Å²) in [7, 11) is 0. The predicted octanol–water partition coefficient (Wildman–Crippen LogP) is 10.4. The highest BCUT2D eigenvalue weighted by atomic mass is 35.5. The zero-order valence-corrected chi connectivity index (χ0v) is 33.2. The van der Waals surface area contributed by atoms with E-state index in [-0.39, 0.29) is 13.2 Å². The first-order chi connectivity index (χ1) is 28.1. The fourth-order valence-corrected chi connectivity index (χ4v) is 7.62. The van der Waals surface area contributed by atoms with Crippen molar-refractivity contribution in [2.45, 2.75) is 83.3 Å². The number of hydrogen-bond acceptors (Lipinski definition) is 6. The van der Waals surface area contributed by atoms with Gasteiger partial charge in [0, 0.05) is 5.02 Å². The first-order valence-electron chi connectivity index (χ1n) is 19.8. The molecule has 0 amide bonds. The molecule has 0 aliphatic carbocycles. The fraction of sp³-hybridized carbons (Fsp3) is 0.280. The summed E-state index contributed by atoms with van der Waals surface area (Å²) < 4.78 is 34.5. The molecule has 1 N–H and O–H groups in total. The summed E-state index contributed by atoms with van der Waals surface area (Å²) in [5.74, 6) is 0. The standard InChI is InChI=1S/C50H51ClO6/c1-2-36-23-25-37(26-24-36)27-42-28-44(43(30-52)29-45(42)51)47-49(55-33-40-19-11-5-12-20-40)50(56-34-41-21-13-6-14-22-41)48(54-32-39-17-9-4-10-18-39)46(57-47)35-53-31-38-15-7-3-8-16-38/h3-26,28-29,46-50,52H,2,27,30-35H2,1H3. The lowest BCUT2D eigenvalue weighted by molar-refractivity contribution is -0.275. The normalized spacial score (nSPS) is 19.4.